The van der Waals surface area contributed by atoms with Crippen LogP contribution in [0.2, 0.25) is 0 Å². The molecule has 1 fully saturated rings. The summed E-state index contributed by atoms with van der Waals surface area (Å²) in [4.78, 5) is 35.7. The monoisotopic (exact) mass is 649 g/mol. The van der Waals surface area contributed by atoms with E-state index in [1.54, 1.807) is 24.4 Å². The highest BCUT2D eigenvalue weighted by Crippen LogP contribution is 2.33. The zero-order valence-electron chi connectivity index (χ0n) is 27.2. The normalized spacial score (nSPS) is 21.6. The minimum absolute atomic E-state index is 0.0611. The minimum Gasteiger partial charge on any atom is -0.392 e. The van der Waals surface area contributed by atoms with E-state index in [1.807, 2.05) is 44.0 Å². The number of aromatic nitrogens is 1. The SMILES string of the molecule is CC(C)(C)NC(=O)[C@@H]1CN(Cc2cccnc2)CCN1C[C@@H](O)C[C@@H](Cc1ccc(F)cc1)C(=O)N[C@H]1c2cc(F)ccc2C[C@H]1O. The van der Waals surface area contributed by atoms with Gasteiger partial charge >= 0.3 is 0 Å². The number of aliphatic hydroxyl groups is 2. The Morgan fingerprint density at radius 3 is 2.49 bits per heavy atom. The molecule has 0 unspecified atom stereocenters. The molecule has 0 spiro atoms. The van der Waals surface area contributed by atoms with Crippen LogP contribution in [0.1, 0.15) is 55.5 Å². The molecule has 47 heavy (non-hydrogen) atoms. The Morgan fingerprint density at radius 1 is 1.04 bits per heavy atom. The van der Waals surface area contributed by atoms with E-state index in [0.29, 0.717) is 37.3 Å². The third-order valence-electron chi connectivity index (χ3n) is 8.83. The molecule has 1 aliphatic heterocycles. The zero-order chi connectivity index (χ0) is 33.7. The first-order valence-electron chi connectivity index (χ1n) is 16.2. The molecule has 0 bridgehead atoms. The first kappa shape index (κ1) is 34.6. The van der Waals surface area contributed by atoms with Crippen LogP contribution in [0.25, 0.3) is 0 Å². The van der Waals surface area contributed by atoms with Crippen molar-refractivity contribution in [1.29, 1.82) is 0 Å². The molecule has 0 radical (unpaired) electrons. The Kier molecular flexibility index (Phi) is 11.0. The number of nitrogens with one attached hydrogen (secondary N) is 2. The van der Waals surface area contributed by atoms with Gasteiger partial charge in [-0.15, -0.1) is 0 Å². The van der Waals surface area contributed by atoms with Crippen LogP contribution in [-0.4, -0.2) is 86.8 Å². The van der Waals surface area contributed by atoms with Crippen LogP contribution in [0, 0.1) is 17.6 Å². The van der Waals surface area contributed by atoms with Crippen molar-refractivity contribution in [3.8, 4) is 0 Å². The number of hydrogen-bond acceptors (Lipinski definition) is 7. The van der Waals surface area contributed by atoms with Gasteiger partial charge in [0.05, 0.1) is 18.2 Å². The fraction of sp³-hybridized carbons (Fsp3) is 0.472. The Hall–Kier alpha value is -3.77. The van der Waals surface area contributed by atoms with Gasteiger partial charge < -0.3 is 20.8 Å². The van der Waals surface area contributed by atoms with Crippen molar-refractivity contribution in [1.82, 2.24) is 25.4 Å². The van der Waals surface area contributed by atoms with Gasteiger partial charge in [-0.25, -0.2) is 8.78 Å². The maximum absolute atomic E-state index is 14.1. The van der Waals surface area contributed by atoms with E-state index in [1.165, 1.54) is 24.3 Å². The average Bonchev–Trinajstić information content (AvgIpc) is 3.31. The van der Waals surface area contributed by atoms with E-state index < -0.39 is 53.3 Å². The number of amides is 2. The van der Waals surface area contributed by atoms with Gasteiger partial charge in [-0.05, 0) is 86.2 Å². The topological polar surface area (TPSA) is 118 Å². The number of halogens is 2. The van der Waals surface area contributed by atoms with Crippen LogP contribution in [0.3, 0.4) is 0 Å². The van der Waals surface area contributed by atoms with Crippen molar-refractivity contribution in [2.24, 2.45) is 5.92 Å². The van der Waals surface area contributed by atoms with Gasteiger partial charge in [0.25, 0.3) is 0 Å². The van der Waals surface area contributed by atoms with Gasteiger partial charge in [-0.1, -0.05) is 24.3 Å². The van der Waals surface area contributed by atoms with E-state index in [2.05, 4.69) is 20.5 Å². The van der Waals surface area contributed by atoms with Crippen molar-refractivity contribution in [2.45, 2.75) is 76.4 Å². The first-order chi connectivity index (χ1) is 22.3. The lowest BCUT2D eigenvalue weighted by atomic mass is 9.91. The summed E-state index contributed by atoms with van der Waals surface area (Å²) in [5.41, 5.74) is 2.61. The summed E-state index contributed by atoms with van der Waals surface area (Å²) in [7, 11) is 0. The number of hydrogen-bond donors (Lipinski definition) is 4. The number of β-amino-alcohol motifs (C(OH)–C–C–N with tert-alkyl or cyclic N) is 1. The molecule has 9 nitrogen and oxygen atoms in total. The third-order valence-corrected chi connectivity index (χ3v) is 8.83. The Labute approximate surface area is 275 Å². The third kappa shape index (κ3) is 9.41. The minimum atomic E-state index is -0.973. The molecule has 1 aromatic heterocycles. The van der Waals surface area contributed by atoms with E-state index in [0.717, 1.165) is 11.1 Å². The second-order valence-corrected chi connectivity index (χ2v) is 13.9. The predicted octanol–water partition coefficient (Wildman–Crippen LogP) is 3.15. The number of aliphatic hydroxyl groups excluding tert-OH is 2. The smallest absolute Gasteiger partial charge is 0.239 e. The van der Waals surface area contributed by atoms with Crippen molar-refractivity contribution >= 4 is 11.8 Å². The standard InChI is InChI=1S/C36H45F2N5O4/c1-36(2,3)41-35(47)31-22-42(20-24-5-4-12-39-19-24)13-14-43(31)21-29(44)16-26(15-23-6-9-27(37)10-7-23)34(46)40-33-30-18-28(38)11-8-25(30)17-32(33)45/h4-12,18-19,26,29,31-33,44-45H,13-17,20-22H2,1-3H3,(H,40,46)(H,41,47)/t26-,29+,31+,32-,33+/m1/s1. The fourth-order valence-corrected chi connectivity index (χ4v) is 6.59. The summed E-state index contributed by atoms with van der Waals surface area (Å²) in [6, 6.07) is 12.7. The second-order valence-electron chi connectivity index (χ2n) is 13.9. The van der Waals surface area contributed by atoms with Crippen LogP contribution >= 0.6 is 0 Å². The van der Waals surface area contributed by atoms with Crippen LogP contribution in [0.5, 0.6) is 0 Å². The van der Waals surface area contributed by atoms with Gasteiger partial charge in [0.15, 0.2) is 0 Å². The fourth-order valence-electron chi connectivity index (χ4n) is 6.59. The molecule has 252 valence electrons. The summed E-state index contributed by atoms with van der Waals surface area (Å²) in [6.45, 7) is 8.24. The van der Waals surface area contributed by atoms with Crippen LogP contribution in [0.4, 0.5) is 8.78 Å². The van der Waals surface area contributed by atoms with Crippen molar-refractivity contribution in [3.63, 3.8) is 0 Å². The summed E-state index contributed by atoms with van der Waals surface area (Å²) < 4.78 is 27.8. The molecule has 2 heterocycles. The van der Waals surface area contributed by atoms with Gasteiger partial charge in [0.2, 0.25) is 11.8 Å². The maximum Gasteiger partial charge on any atom is 0.239 e. The van der Waals surface area contributed by atoms with E-state index in [9.17, 15) is 28.6 Å². The number of benzene rings is 2. The lowest BCUT2D eigenvalue weighted by Crippen LogP contribution is -2.61. The summed E-state index contributed by atoms with van der Waals surface area (Å²) in [5, 5.41) is 28.2. The predicted molar refractivity (Wildman–Crippen MR) is 174 cm³/mol. The molecule has 11 heteroatoms. The Morgan fingerprint density at radius 2 is 1.79 bits per heavy atom. The largest absolute Gasteiger partial charge is 0.392 e. The number of carbonyl (C=O) groups excluding carboxylic acids is 2. The number of pyridine rings is 1. The molecule has 0 saturated carbocycles. The van der Waals surface area contributed by atoms with E-state index in [4.69, 9.17) is 0 Å². The molecule has 1 saturated heterocycles. The highest BCUT2D eigenvalue weighted by molar-refractivity contribution is 5.83. The number of nitrogens with zero attached hydrogens (tertiary/aromatic N) is 3. The van der Waals surface area contributed by atoms with Gasteiger partial charge in [0, 0.05) is 63.0 Å². The Balaban J connectivity index is 1.30. The van der Waals surface area contributed by atoms with Gasteiger partial charge in [-0.3, -0.25) is 24.4 Å². The van der Waals surface area contributed by atoms with Crippen molar-refractivity contribution < 1.29 is 28.6 Å². The van der Waals surface area contributed by atoms with E-state index in [-0.39, 0.29) is 31.7 Å². The molecule has 3 aromatic rings. The number of fused-ring (bicyclic) bond motifs is 1. The Bertz CT molecular complexity index is 1520. The molecule has 2 amide bonds. The molecule has 2 aliphatic rings. The second kappa shape index (κ2) is 15.0. The highest BCUT2D eigenvalue weighted by Gasteiger charge is 2.37. The number of carbonyl (C=O) groups is 2. The molecular weight excluding hydrogens is 604 g/mol. The van der Waals surface area contributed by atoms with Gasteiger partial charge in [-0.2, -0.15) is 0 Å². The summed E-state index contributed by atoms with van der Waals surface area (Å²) >= 11 is 0. The lowest BCUT2D eigenvalue weighted by Gasteiger charge is -2.42. The van der Waals surface area contributed by atoms with Crippen molar-refractivity contribution in [2.75, 3.05) is 26.2 Å². The van der Waals surface area contributed by atoms with Crippen molar-refractivity contribution in [3.05, 3.63) is 101 Å². The van der Waals surface area contributed by atoms with Crippen LogP contribution < -0.4 is 10.6 Å². The summed E-state index contributed by atoms with van der Waals surface area (Å²) in [6.07, 6.45) is 2.21. The average molecular weight is 650 g/mol. The quantitative estimate of drug-likeness (QED) is 0.252. The highest BCUT2D eigenvalue weighted by atomic mass is 19.1. The lowest BCUT2D eigenvalue weighted by molar-refractivity contribution is -0.132. The van der Waals surface area contributed by atoms with Gasteiger partial charge in [0.1, 0.15) is 17.7 Å². The van der Waals surface area contributed by atoms with E-state index >= 15 is 0 Å². The summed E-state index contributed by atoms with van der Waals surface area (Å²) in [5.74, 6) is -2.14. The molecule has 1 aliphatic carbocycles. The molecular formula is C36H45F2N5O4. The van der Waals surface area contributed by atoms with Crippen LogP contribution in [-0.2, 0) is 29.0 Å². The first-order valence-corrected chi connectivity index (χ1v) is 16.2. The number of piperazine rings is 1. The molecule has 2 aromatic carbocycles. The van der Waals surface area contributed by atoms with Crippen LogP contribution in [0.15, 0.2) is 67.0 Å². The molecule has 5 atom stereocenters. The molecule has 4 N–H and O–H groups in total. The number of rotatable bonds is 11. The molecule has 5 rings (SSSR count). The maximum atomic E-state index is 14.1. The zero-order valence-corrected chi connectivity index (χ0v) is 27.2.